The Labute approximate surface area is 148 Å². The molecule has 0 atom stereocenters. The van der Waals surface area contributed by atoms with Gasteiger partial charge in [-0.1, -0.05) is 42.0 Å². The summed E-state index contributed by atoms with van der Waals surface area (Å²) in [7, 11) is 0. The van der Waals surface area contributed by atoms with Crippen LogP contribution in [0.2, 0.25) is 0 Å². The van der Waals surface area contributed by atoms with Crippen LogP contribution in [0.1, 0.15) is 35.3 Å². The number of hydrogen-bond donors (Lipinski definition) is 1. The average Bonchev–Trinajstić information content (AvgIpc) is 2.56. The molecule has 2 rings (SSSR count). The molecule has 24 heavy (non-hydrogen) atoms. The first-order valence-corrected chi connectivity index (χ1v) is 9.39. The molecular formula is C20H25NO2S. The van der Waals surface area contributed by atoms with E-state index in [0.29, 0.717) is 17.9 Å². The van der Waals surface area contributed by atoms with Crippen molar-refractivity contribution in [3.63, 3.8) is 0 Å². The molecule has 1 N–H and O–H groups in total. The lowest BCUT2D eigenvalue weighted by atomic mass is 10.2. The molecule has 0 aliphatic rings. The zero-order valence-corrected chi connectivity index (χ0v) is 15.4. The van der Waals surface area contributed by atoms with Gasteiger partial charge in [-0.05, 0) is 38.5 Å². The van der Waals surface area contributed by atoms with Crippen molar-refractivity contribution < 1.29 is 9.53 Å². The summed E-state index contributed by atoms with van der Waals surface area (Å²) in [6.07, 6.45) is 0.0454. The monoisotopic (exact) mass is 343 g/mol. The van der Waals surface area contributed by atoms with Crippen molar-refractivity contribution in [1.29, 1.82) is 0 Å². The highest BCUT2D eigenvalue weighted by Crippen LogP contribution is 2.19. The van der Waals surface area contributed by atoms with Crippen LogP contribution in [-0.2, 0) is 5.75 Å². The fourth-order valence-corrected chi connectivity index (χ4v) is 3.04. The minimum absolute atomic E-state index is 0.0454. The van der Waals surface area contributed by atoms with Crippen molar-refractivity contribution in [1.82, 2.24) is 5.32 Å². The van der Waals surface area contributed by atoms with Crippen molar-refractivity contribution in [3.05, 3.63) is 65.2 Å². The van der Waals surface area contributed by atoms with E-state index in [1.807, 2.05) is 43.8 Å². The Morgan fingerprint density at radius 1 is 1.12 bits per heavy atom. The van der Waals surface area contributed by atoms with Gasteiger partial charge in [0.2, 0.25) is 0 Å². The molecule has 0 saturated carbocycles. The van der Waals surface area contributed by atoms with E-state index in [1.165, 1.54) is 11.1 Å². The fourth-order valence-electron chi connectivity index (χ4n) is 2.22. The van der Waals surface area contributed by atoms with Crippen molar-refractivity contribution in [2.75, 3.05) is 12.3 Å². The number of rotatable bonds is 8. The van der Waals surface area contributed by atoms with E-state index in [9.17, 15) is 4.79 Å². The van der Waals surface area contributed by atoms with E-state index in [1.54, 1.807) is 6.07 Å². The van der Waals surface area contributed by atoms with Crippen LogP contribution in [-0.4, -0.2) is 24.3 Å². The zero-order valence-electron chi connectivity index (χ0n) is 14.5. The third-order valence-corrected chi connectivity index (χ3v) is 4.45. The highest BCUT2D eigenvalue weighted by molar-refractivity contribution is 7.98. The summed E-state index contributed by atoms with van der Waals surface area (Å²) >= 11 is 1.82. The first kappa shape index (κ1) is 18.4. The van der Waals surface area contributed by atoms with Crippen molar-refractivity contribution in [2.45, 2.75) is 32.6 Å². The first-order valence-electron chi connectivity index (χ1n) is 8.23. The lowest BCUT2D eigenvalue weighted by Crippen LogP contribution is -2.26. The van der Waals surface area contributed by atoms with E-state index >= 15 is 0 Å². The number of aryl methyl sites for hydroxylation is 1. The lowest BCUT2D eigenvalue weighted by Gasteiger charge is -2.14. The van der Waals surface area contributed by atoms with Gasteiger partial charge < -0.3 is 10.1 Å². The topological polar surface area (TPSA) is 38.3 Å². The Balaban J connectivity index is 1.76. The number of thioether (sulfide) groups is 1. The molecule has 4 heteroatoms. The maximum atomic E-state index is 12.3. The van der Waals surface area contributed by atoms with Crippen LogP contribution >= 0.6 is 11.8 Å². The predicted molar refractivity (Wildman–Crippen MR) is 102 cm³/mol. The highest BCUT2D eigenvalue weighted by atomic mass is 32.2. The van der Waals surface area contributed by atoms with Gasteiger partial charge in [0.1, 0.15) is 5.75 Å². The number of nitrogens with one attached hydrogen (secondary N) is 1. The van der Waals surface area contributed by atoms with Gasteiger partial charge in [-0.25, -0.2) is 0 Å². The van der Waals surface area contributed by atoms with Gasteiger partial charge in [0, 0.05) is 18.1 Å². The molecule has 1 amide bonds. The van der Waals surface area contributed by atoms with E-state index in [0.717, 1.165) is 11.5 Å². The van der Waals surface area contributed by atoms with E-state index in [2.05, 4.69) is 36.5 Å². The number of carbonyl (C=O) groups excluding carboxylic acids is 1. The Morgan fingerprint density at radius 3 is 2.54 bits per heavy atom. The SMILES string of the molecule is Cc1ccc(CSCCNC(=O)c2ccccc2OC(C)C)cc1. The van der Waals surface area contributed by atoms with E-state index < -0.39 is 0 Å². The second kappa shape index (κ2) is 9.38. The van der Waals surface area contributed by atoms with Gasteiger partial charge >= 0.3 is 0 Å². The minimum Gasteiger partial charge on any atom is -0.490 e. The molecule has 0 unspecified atom stereocenters. The summed E-state index contributed by atoms with van der Waals surface area (Å²) in [6, 6.07) is 15.9. The molecule has 0 aliphatic heterocycles. The fraction of sp³-hybridized carbons (Fsp3) is 0.350. The number of para-hydroxylation sites is 1. The summed E-state index contributed by atoms with van der Waals surface area (Å²) in [5.41, 5.74) is 3.18. The summed E-state index contributed by atoms with van der Waals surface area (Å²) in [5.74, 6) is 2.40. The predicted octanol–water partition coefficient (Wildman–Crippen LogP) is 4.45. The van der Waals surface area contributed by atoms with Gasteiger partial charge in [-0.2, -0.15) is 11.8 Å². The second-order valence-corrected chi connectivity index (χ2v) is 7.06. The molecule has 0 spiro atoms. The maximum Gasteiger partial charge on any atom is 0.255 e. The second-order valence-electron chi connectivity index (χ2n) is 5.96. The smallest absolute Gasteiger partial charge is 0.255 e. The average molecular weight is 343 g/mol. The Bertz CT molecular complexity index is 653. The van der Waals surface area contributed by atoms with Crippen LogP contribution in [0.5, 0.6) is 5.75 Å². The normalized spacial score (nSPS) is 10.7. The largest absolute Gasteiger partial charge is 0.490 e. The van der Waals surface area contributed by atoms with Crippen LogP contribution < -0.4 is 10.1 Å². The highest BCUT2D eigenvalue weighted by Gasteiger charge is 2.12. The molecule has 0 bridgehead atoms. The van der Waals surface area contributed by atoms with Gasteiger partial charge in [0.25, 0.3) is 5.91 Å². The molecule has 2 aromatic rings. The van der Waals surface area contributed by atoms with Crippen LogP contribution in [0.25, 0.3) is 0 Å². The van der Waals surface area contributed by atoms with Crippen LogP contribution in [0.3, 0.4) is 0 Å². The summed E-state index contributed by atoms with van der Waals surface area (Å²) in [4.78, 5) is 12.3. The number of ether oxygens (including phenoxy) is 1. The molecule has 0 radical (unpaired) electrons. The molecule has 0 fully saturated rings. The summed E-state index contributed by atoms with van der Waals surface area (Å²) in [6.45, 7) is 6.64. The van der Waals surface area contributed by atoms with Crippen molar-refractivity contribution in [3.8, 4) is 5.75 Å². The first-order chi connectivity index (χ1) is 11.6. The van der Waals surface area contributed by atoms with Crippen molar-refractivity contribution >= 4 is 17.7 Å². The molecule has 0 heterocycles. The number of benzene rings is 2. The minimum atomic E-state index is -0.0813. The van der Waals surface area contributed by atoms with Gasteiger partial charge in [0.15, 0.2) is 0 Å². The quantitative estimate of drug-likeness (QED) is 0.720. The number of hydrogen-bond acceptors (Lipinski definition) is 3. The standard InChI is InChI=1S/C20H25NO2S/c1-15(2)23-19-7-5-4-6-18(19)20(22)21-12-13-24-14-17-10-8-16(3)9-11-17/h4-11,15H,12-14H2,1-3H3,(H,21,22). The molecule has 0 aliphatic carbocycles. The van der Waals surface area contributed by atoms with Gasteiger partial charge in [-0.15, -0.1) is 0 Å². The number of amides is 1. The third kappa shape index (κ3) is 5.93. The maximum absolute atomic E-state index is 12.3. The summed E-state index contributed by atoms with van der Waals surface area (Å²) < 4.78 is 5.70. The summed E-state index contributed by atoms with van der Waals surface area (Å²) in [5, 5.41) is 2.97. The molecular weight excluding hydrogens is 318 g/mol. The Hall–Kier alpha value is -1.94. The molecule has 2 aromatic carbocycles. The zero-order chi connectivity index (χ0) is 17.4. The lowest BCUT2D eigenvalue weighted by molar-refractivity contribution is 0.0950. The van der Waals surface area contributed by atoms with Crippen LogP contribution in [0.15, 0.2) is 48.5 Å². The Kier molecular flexibility index (Phi) is 7.19. The van der Waals surface area contributed by atoms with E-state index in [-0.39, 0.29) is 12.0 Å². The van der Waals surface area contributed by atoms with Gasteiger partial charge in [-0.3, -0.25) is 4.79 Å². The Morgan fingerprint density at radius 2 is 1.83 bits per heavy atom. The van der Waals surface area contributed by atoms with E-state index in [4.69, 9.17) is 4.74 Å². The molecule has 0 aromatic heterocycles. The van der Waals surface area contributed by atoms with Crippen molar-refractivity contribution in [2.24, 2.45) is 0 Å². The molecule has 3 nitrogen and oxygen atoms in total. The molecule has 128 valence electrons. The van der Waals surface area contributed by atoms with Gasteiger partial charge in [0.05, 0.1) is 11.7 Å². The third-order valence-electron chi connectivity index (χ3n) is 3.42. The number of carbonyl (C=O) groups is 1. The van der Waals surface area contributed by atoms with Crippen LogP contribution in [0, 0.1) is 6.92 Å². The van der Waals surface area contributed by atoms with Crippen LogP contribution in [0.4, 0.5) is 0 Å². The molecule has 0 saturated heterocycles.